The van der Waals surface area contributed by atoms with E-state index in [-0.39, 0.29) is 35.8 Å². The third-order valence-electron chi connectivity index (χ3n) is 3.50. The molecule has 1 aromatic carbocycles. The molecule has 0 nitrogen and oxygen atoms in total. The van der Waals surface area contributed by atoms with Crippen LogP contribution in [0.3, 0.4) is 0 Å². The summed E-state index contributed by atoms with van der Waals surface area (Å²) in [5.74, 6) is 0. The van der Waals surface area contributed by atoms with Gasteiger partial charge in [-0.15, -0.1) is 34.1 Å². The maximum Gasteiger partial charge on any atom is -0.0149 e. The molecule has 1 atom stereocenters. The van der Waals surface area contributed by atoms with Gasteiger partial charge in [0.1, 0.15) is 0 Å². The van der Waals surface area contributed by atoms with Crippen molar-refractivity contribution in [3.05, 3.63) is 52.4 Å². The molecule has 1 aromatic rings. The molecule has 0 aromatic heterocycles. The Bertz CT molecular complexity index is 532. The van der Waals surface area contributed by atoms with Crippen LogP contribution in [0.1, 0.15) is 6.42 Å². The van der Waals surface area contributed by atoms with Crippen LogP contribution in [-0.4, -0.2) is 11.0 Å². The summed E-state index contributed by atoms with van der Waals surface area (Å²) in [5, 5.41) is 16.2. The second-order valence-electron chi connectivity index (χ2n) is 11.7. The fourth-order valence-electron chi connectivity index (χ4n) is 2.01. The summed E-state index contributed by atoms with van der Waals surface area (Å²) in [6, 6.07) is 10.1. The van der Waals surface area contributed by atoms with Crippen molar-refractivity contribution in [3.63, 3.8) is 0 Å². The van der Waals surface area contributed by atoms with Gasteiger partial charge in [0.25, 0.3) is 0 Å². The molecule has 0 heterocycles. The van der Waals surface area contributed by atoms with E-state index in [1.165, 1.54) is 11.7 Å². The molecule has 131 valence electrons. The Morgan fingerprint density at radius 3 is 1.50 bits per heavy atom. The fourth-order valence-corrected chi connectivity index (χ4v) is 6.04. The SMILES string of the molecule is Cl.Cl.Pc1ccccc1.[CH3][Ti]([CH3])([CH3])([CH3])([CH3])([CH3])[C]1=CC=CC1.[SiH4]. The van der Waals surface area contributed by atoms with E-state index >= 15 is 0 Å². The third kappa shape index (κ3) is 10.4. The van der Waals surface area contributed by atoms with Crippen LogP contribution in [0.4, 0.5) is 0 Å². The molecule has 0 amide bonds. The maximum absolute atomic E-state index is 3.17. The zero-order chi connectivity index (χ0) is 14.9. The molecule has 2 rings (SSSR count). The molecule has 0 aliphatic heterocycles. The largest absolute Gasteiger partial charge is 0.0149 e. The van der Waals surface area contributed by atoms with Crippen LogP contribution in [0.5, 0.6) is 0 Å². The molecule has 0 saturated carbocycles. The smallest absolute Gasteiger partial charge is 0.0149 e. The van der Waals surface area contributed by atoms with E-state index < -0.39 is 12.7 Å². The van der Waals surface area contributed by atoms with Crippen molar-refractivity contribution in [1.29, 1.82) is 0 Å². The molecule has 0 radical (unpaired) electrons. The Balaban J connectivity index is -0.000000317. The van der Waals surface area contributed by atoms with Gasteiger partial charge in [-0.25, -0.2) is 0 Å². The van der Waals surface area contributed by atoms with Crippen LogP contribution in [0.25, 0.3) is 0 Å². The minimum absolute atomic E-state index is 0. The predicted octanol–water partition coefficient (Wildman–Crippen LogP) is 5.46. The minimum atomic E-state index is -3.17. The van der Waals surface area contributed by atoms with Crippen LogP contribution in [0.2, 0.25) is 31.4 Å². The van der Waals surface area contributed by atoms with E-state index in [2.05, 4.69) is 58.8 Å². The van der Waals surface area contributed by atoms with Gasteiger partial charge in [-0.05, 0) is 16.3 Å². The van der Waals surface area contributed by atoms with Crippen molar-refractivity contribution < 1.29 is 12.7 Å². The first-order valence-corrected chi connectivity index (χ1v) is 17.9. The van der Waals surface area contributed by atoms with Crippen molar-refractivity contribution in [2.45, 2.75) is 37.8 Å². The van der Waals surface area contributed by atoms with Gasteiger partial charge < -0.3 is 0 Å². The topological polar surface area (TPSA) is 0 Å². The maximum atomic E-state index is 2.63. The molecule has 0 fully saturated rings. The van der Waals surface area contributed by atoms with Crippen LogP contribution in [-0.2, 0) is 12.7 Å². The van der Waals surface area contributed by atoms with Crippen molar-refractivity contribution in [3.8, 4) is 0 Å². The predicted molar refractivity (Wildman–Crippen MR) is 119 cm³/mol. The molecule has 0 N–H and O–H groups in total. The van der Waals surface area contributed by atoms with Gasteiger partial charge in [-0.2, -0.15) is 0 Å². The summed E-state index contributed by atoms with van der Waals surface area (Å²) in [6.07, 6.45) is 7.97. The molecular weight excluding hydrogens is 382 g/mol. The van der Waals surface area contributed by atoms with Crippen LogP contribution in [0.15, 0.2) is 52.4 Å². The van der Waals surface area contributed by atoms with Crippen molar-refractivity contribution in [1.82, 2.24) is 0 Å². The fraction of sp³-hybridized carbons (Fsp3) is 0.412. The monoisotopic (exact) mass is 417 g/mol. The summed E-state index contributed by atoms with van der Waals surface area (Å²) >= 11 is -3.17. The molecule has 0 bridgehead atoms. The number of allylic oxidation sites excluding steroid dienone is 4. The van der Waals surface area contributed by atoms with Gasteiger partial charge in [-0.1, -0.05) is 30.3 Å². The first-order valence-electron chi connectivity index (χ1n) is 7.17. The molecule has 1 unspecified atom stereocenters. The minimum Gasteiger partial charge on any atom is -0.0149 e. The van der Waals surface area contributed by atoms with Gasteiger partial charge in [0.05, 0.1) is 0 Å². The van der Waals surface area contributed by atoms with Crippen LogP contribution >= 0.6 is 34.1 Å². The van der Waals surface area contributed by atoms with Crippen molar-refractivity contribution >= 4 is 50.3 Å². The Morgan fingerprint density at radius 1 is 0.864 bits per heavy atom. The first-order chi connectivity index (χ1) is 8.20. The molecular formula is C17H36Cl2PSiTi. The summed E-state index contributed by atoms with van der Waals surface area (Å²) in [6.45, 7) is 0. The number of rotatable bonds is 1. The number of halogens is 2. The Morgan fingerprint density at radius 2 is 1.32 bits per heavy atom. The molecule has 1 aliphatic carbocycles. The van der Waals surface area contributed by atoms with Crippen LogP contribution < -0.4 is 5.30 Å². The van der Waals surface area contributed by atoms with Gasteiger partial charge in [0, 0.05) is 0 Å². The zero-order valence-corrected chi connectivity index (χ0v) is 18.6. The van der Waals surface area contributed by atoms with E-state index in [0.29, 0.717) is 0 Å². The van der Waals surface area contributed by atoms with Gasteiger partial charge in [0.2, 0.25) is 0 Å². The third-order valence-corrected chi connectivity index (χ3v) is 10.5. The first kappa shape index (κ1) is 27.5. The summed E-state index contributed by atoms with van der Waals surface area (Å²) in [7, 11) is 2.63. The second kappa shape index (κ2) is 6.87. The molecule has 0 saturated heterocycles. The summed E-state index contributed by atoms with van der Waals surface area (Å²) < 4.78 is 1.67. The van der Waals surface area contributed by atoms with E-state index in [1.54, 1.807) is 3.88 Å². The molecule has 1 aliphatic rings. The average molecular weight is 418 g/mol. The van der Waals surface area contributed by atoms with Gasteiger partial charge in [0.15, 0.2) is 0 Å². The Kier molecular flexibility index (Phi) is 8.58. The second-order valence-corrected chi connectivity index (χ2v) is 41.5. The Labute approximate surface area is 152 Å². The number of hydrogen-bond acceptors (Lipinski definition) is 0. The molecule has 5 heteroatoms. The van der Waals surface area contributed by atoms with Crippen molar-refractivity contribution in [2.24, 2.45) is 0 Å². The van der Waals surface area contributed by atoms with Gasteiger partial charge >= 0.3 is 72.6 Å². The molecule has 0 spiro atoms. The average Bonchev–Trinajstić information content (AvgIpc) is 2.69. The van der Waals surface area contributed by atoms with E-state index in [4.69, 9.17) is 0 Å². The summed E-state index contributed by atoms with van der Waals surface area (Å²) in [4.78, 5) is 0. The normalized spacial score (nSPS) is 17.4. The number of hydrogen-bond donors (Lipinski definition) is 0. The number of benzene rings is 1. The van der Waals surface area contributed by atoms with Crippen LogP contribution in [0, 0.1) is 0 Å². The quantitative estimate of drug-likeness (QED) is 0.420. The van der Waals surface area contributed by atoms with E-state index in [0.717, 1.165) is 0 Å². The van der Waals surface area contributed by atoms with E-state index in [1.807, 2.05) is 30.3 Å². The summed E-state index contributed by atoms with van der Waals surface area (Å²) in [5.41, 5.74) is 0. The van der Waals surface area contributed by atoms with Gasteiger partial charge in [-0.3, -0.25) is 0 Å². The van der Waals surface area contributed by atoms with E-state index in [9.17, 15) is 0 Å². The van der Waals surface area contributed by atoms with Crippen molar-refractivity contribution in [2.75, 3.05) is 0 Å². The standard InChI is InChI=1S/C6H7P.C5H5.6CH3.2ClH.H4Si.Ti/c7-6-4-2-1-3-5-6;1-2-4-5-3-1;;;;;;;;;;/h1-5H,7H2;1-3H,4H2;6*1H3;2*1H;1H4;. The molecule has 22 heavy (non-hydrogen) atoms. The zero-order valence-electron chi connectivity index (χ0n) is 14.2. The Hall–Kier alpha value is 0.641.